The van der Waals surface area contributed by atoms with Gasteiger partial charge < -0.3 is 0 Å². The Hall–Kier alpha value is -2.08. The lowest BCUT2D eigenvalue weighted by Gasteiger charge is -2.23. The molecule has 0 fully saturated rings. The Balaban J connectivity index is 1.99. The lowest BCUT2D eigenvalue weighted by Crippen LogP contribution is -2.28. The summed E-state index contributed by atoms with van der Waals surface area (Å²) in [6, 6.07) is 22.2. The number of rotatable bonds is 6. The van der Waals surface area contributed by atoms with Crippen LogP contribution >= 0.6 is 27.5 Å². The van der Waals surface area contributed by atoms with E-state index in [0.29, 0.717) is 10.7 Å². The van der Waals surface area contributed by atoms with Crippen molar-refractivity contribution in [3.05, 3.63) is 104 Å². The molecule has 6 heteroatoms. The molecule has 28 heavy (non-hydrogen) atoms. The molecule has 0 N–H and O–H groups in total. The van der Waals surface area contributed by atoms with Gasteiger partial charge in [0.1, 0.15) is 0 Å². The average Bonchev–Trinajstić information content (AvgIpc) is 2.65. The summed E-state index contributed by atoms with van der Waals surface area (Å²) in [5.41, 5.74) is 3.22. The molecule has 0 amide bonds. The minimum absolute atomic E-state index is 0.227. The highest BCUT2D eigenvalue weighted by atomic mass is 79.9. The van der Waals surface area contributed by atoms with E-state index >= 15 is 0 Å². The van der Waals surface area contributed by atoms with Crippen molar-refractivity contribution in [2.24, 2.45) is 0 Å². The molecule has 0 heterocycles. The van der Waals surface area contributed by atoms with Gasteiger partial charge in [0, 0.05) is 9.50 Å². The first kappa shape index (κ1) is 20.6. The predicted molar refractivity (Wildman–Crippen MR) is 121 cm³/mol. The lowest BCUT2D eigenvalue weighted by molar-refractivity contribution is 0.599. The first-order chi connectivity index (χ1) is 13.3. The zero-order chi connectivity index (χ0) is 20.1. The number of halogens is 2. The Morgan fingerprint density at radius 3 is 2.46 bits per heavy atom. The Morgan fingerprint density at radius 2 is 1.75 bits per heavy atom. The number of anilines is 1. The van der Waals surface area contributed by atoms with Crippen molar-refractivity contribution in [2.45, 2.75) is 13.5 Å². The SMILES string of the molecule is Cc1cccc(N(Cc2cccc(Br)c2)S(=O)(=O)/C=C/c2cccc(Cl)c2)c1. The van der Waals surface area contributed by atoms with Crippen LogP contribution in [0.3, 0.4) is 0 Å². The molecule has 0 saturated heterocycles. The molecular formula is C22H19BrClNO2S. The van der Waals surface area contributed by atoms with Crippen LogP contribution in [-0.2, 0) is 16.6 Å². The molecule has 0 radical (unpaired) electrons. The maximum atomic E-state index is 13.2. The normalized spacial score (nSPS) is 11.7. The molecule has 0 saturated carbocycles. The molecular weight excluding hydrogens is 458 g/mol. The van der Waals surface area contributed by atoms with E-state index in [0.717, 1.165) is 21.2 Å². The van der Waals surface area contributed by atoms with Crippen LogP contribution in [0.2, 0.25) is 5.02 Å². The molecule has 3 aromatic rings. The van der Waals surface area contributed by atoms with Gasteiger partial charge in [-0.3, -0.25) is 4.31 Å². The van der Waals surface area contributed by atoms with Gasteiger partial charge in [0.05, 0.1) is 17.6 Å². The van der Waals surface area contributed by atoms with E-state index in [2.05, 4.69) is 15.9 Å². The van der Waals surface area contributed by atoms with Crippen molar-refractivity contribution in [3.63, 3.8) is 0 Å². The maximum absolute atomic E-state index is 13.2. The molecule has 3 rings (SSSR count). The topological polar surface area (TPSA) is 37.4 Å². The third kappa shape index (κ3) is 5.47. The van der Waals surface area contributed by atoms with Crippen molar-refractivity contribution in [1.29, 1.82) is 0 Å². The Bertz CT molecular complexity index is 1110. The van der Waals surface area contributed by atoms with E-state index in [9.17, 15) is 8.42 Å². The summed E-state index contributed by atoms with van der Waals surface area (Å²) in [5, 5.41) is 1.78. The summed E-state index contributed by atoms with van der Waals surface area (Å²) >= 11 is 9.44. The van der Waals surface area contributed by atoms with Gasteiger partial charge in [-0.05, 0) is 66.1 Å². The van der Waals surface area contributed by atoms with Crippen LogP contribution in [0.1, 0.15) is 16.7 Å². The first-order valence-electron chi connectivity index (χ1n) is 8.61. The van der Waals surface area contributed by atoms with Gasteiger partial charge in [-0.15, -0.1) is 0 Å². The van der Waals surface area contributed by atoms with Gasteiger partial charge in [-0.2, -0.15) is 0 Å². The first-order valence-corrected chi connectivity index (χ1v) is 11.3. The average molecular weight is 477 g/mol. The van der Waals surface area contributed by atoms with Gasteiger partial charge in [0.15, 0.2) is 0 Å². The fourth-order valence-corrected chi connectivity index (χ4v) is 4.62. The number of sulfonamides is 1. The van der Waals surface area contributed by atoms with E-state index in [1.165, 1.54) is 9.71 Å². The summed E-state index contributed by atoms with van der Waals surface area (Å²) in [6.45, 7) is 2.17. The van der Waals surface area contributed by atoms with E-state index in [1.54, 1.807) is 30.3 Å². The van der Waals surface area contributed by atoms with Crippen molar-refractivity contribution in [1.82, 2.24) is 0 Å². The molecule has 0 aliphatic carbocycles. The van der Waals surface area contributed by atoms with Crippen molar-refractivity contribution in [2.75, 3.05) is 4.31 Å². The lowest BCUT2D eigenvalue weighted by atomic mass is 10.2. The molecule has 3 aromatic carbocycles. The molecule has 0 aliphatic heterocycles. The summed E-state index contributed by atoms with van der Waals surface area (Å²) in [7, 11) is -3.72. The zero-order valence-electron chi connectivity index (χ0n) is 15.2. The zero-order valence-corrected chi connectivity index (χ0v) is 18.4. The fourth-order valence-electron chi connectivity index (χ4n) is 2.76. The largest absolute Gasteiger partial charge is 0.262 e. The highest BCUT2D eigenvalue weighted by Gasteiger charge is 2.20. The summed E-state index contributed by atoms with van der Waals surface area (Å²) < 4.78 is 28.7. The van der Waals surface area contributed by atoms with Crippen molar-refractivity contribution >= 4 is 49.3 Å². The molecule has 144 valence electrons. The van der Waals surface area contributed by atoms with E-state index in [-0.39, 0.29) is 6.54 Å². The highest BCUT2D eigenvalue weighted by Crippen LogP contribution is 2.25. The van der Waals surface area contributed by atoms with E-state index < -0.39 is 10.0 Å². The second kappa shape index (κ2) is 8.95. The van der Waals surface area contributed by atoms with Crippen LogP contribution in [-0.4, -0.2) is 8.42 Å². The van der Waals surface area contributed by atoms with Crippen LogP contribution in [0.25, 0.3) is 6.08 Å². The predicted octanol–water partition coefficient (Wildman–Crippen LogP) is 6.42. The second-order valence-corrected chi connectivity index (χ2v) is 9.47. The maximum Gasteiger partial charge on any atom is 0.257 e. The second-order valence-electron chi connectivity index (χ2n) is 6.38. The van der Waals surface area contributed by atoms with Crippen molar-refractivity contribution in [3.8, 4) is 0 Å². The van der Waals surface area contributed by atoms with E-state index in [1.807, 2.05) is 55.5 Å². The van der Waals surface area contributed by atoms with E-state index in [4.69, 9.17) is 11.6 Å². The molecule has 0 aromatic heterocycles. The smallest absolute Gasteiger partial charge is 0.257 e. The van der Waals surface area contributed by atoms with Crippen LogP contribution < -0.4 is 4.31 Å². The van der Waals surface area contributed by atoms with Gasteiger partial charge >= 0.3 is 0 Å². The number of benzene rings is 3. The van der Waals surface area contributed by atoms with Gasteiger partial charge in [0.2, 0.25) is 0 Å². The van der Waals surface area contributed by atoms with Crippen LogP contribution in [0.15, 0.2) is 82.7 Å². The number of hydrogen-bond donors (Lipinski definition) is 0. The monoisotopic (exact) mass is 475 g/mol. The molecule has 0 spiro atoms. The van der Waals surface area contributed by atoms with Crippen LogP contribution in [0.4, 0.5) is 5.69 Å². The Labute approximate surface area is 179 Å². The number of nitrogens with zero attached hydrogens (tertiary/aromatic N) is 1. The Kier molecular flexibility index (Phi) is 6.60. The highest BCUT2D eigenvalue weighted by molar-refractivity contribution is 9.10. The summed E-state index contributed by atoms with van der Waals surface area (Å²) in [5.74, 6) is 0. The Morgan fingerprint density at radius 1 is 1.00 bits per heavy atom. The standard InChI is InChI=1S/C22H19BrClNO2S/c1-17-5-2-10-22(13-17)25(16-19-7-3-8-20(23)14-19)28(26,27)12-11-18-6-4-9-21(24)15-18/h2-15H,16H2,1H3/b12-11+. The molecule has 0 bridgehead atoms. The quantitative estimate of drug-likeness (QED) is 0.412. The fraction of sp³-hybridized carbons (Fsp3) is 0.0909. The van der Waals surface area contributed by atoms with Crippen LogP contribution in [0.5, 0.6) is 0 Å². The third-order valence-corrected chi connectivity index (χ3v) is 6.26. The minimum Gasteiger partial charge on any atom is -0.262 e. The van der Waals surface area contributed by atoms with Gasteiger partial charge in [0.25, 0.3) is 10.0 Å². The minimum atomic E-state index is -3.72. The number of aryl methyl sites for hydroxylation is 1. The number of hydrogen-bond acceptors (Lipinski definition) is 2. The third-order valence-electron chi connectivity index (χ3n) is 4.09. The molecule has 0 unspecified atom stereocenters. The molecule has 3 nitrogen and oxygen atoms in total. The summed E-state index contributed by atoms with van der Waals surface area (Å²) in [6.07, 6.45) is 1.56. The van der Waals surface area contributed by atoms with Crippen LogP contribution in [0, 0.1) is 6.92 Å². The summed E-state index contributed by atoms with van der Waals surface area (Å²) in [4.78, 5) is 0. The van der Waals surface area contributed by atoms with Gasteiger partial charge in [-0.1, -0.05) is 63.9 Å². The molecule has 0 aliphatic rings. The molecule has 0 atom stereocenters. The van der Waals surface area contributed by atoms with Crippen molar-refractivity contribution < 1.29 is 8.42 Å². The van der Waals surface area contributed by atoms with Gasteiger partial charge in [-0.25, -0.2) is 8.42 Å².